The number of nitrogens with one attached hydrogen (secondary N) is 1. The number of nitrogens with zero attached hydrogens (tertiary/aromatic N) is 5. The molecule has 0 bridgehead atoms. The van der Waals surface area contributed by atoms with E-state index in [1.807, 2.05) is 36.4 Å². The Morgan fingerprint density at radius 1 is 1.19 bits per heavy atom. The van der Waals surface area contributed by atoms with Crippen molar-refractivity contribution in [3.8, 4) is 0 Å². The number of aryl methyl sites for hydroxylation is 1. The minimum Gasteiger partial charge on any atom is -0.362 e. The summed E-state index contributed by atoms with van der Waals surface area (Å²) in [6.07, 6.45) is 11.5. The van der Waals surface area contributed by atoms with Crippen LogP contribution < -0.4 is 5.32 Å². The zero-order valence-corrected chi connectivity index (χ0v) is 16.4. The van der Waals surface area contributed by atoms with Crippen molar-refractivity contribution in [1.82, 2.24) is 24.7 Å². The number of fused-ring (bicyclic) bond motifs is 1. The number of hydrogen-bond acceptors (Lipinski definition) is 5. The third-order valence-electron chi connectivity index (χ3n) is 5.43. The first-order valence-electron chi connectivity index (χ1n) is 9.98. The molecule has 0 saturated heterocycles. The second kappa shape index (κ2) is 7.62. The van der Waals surface area contributed by atoms with Crippen molar-refractivity contribution in [1.29, 1.82) is 0 Å². The van der Waals surface area contributed by atoms with Gasteiger partial charge >= 0.3 is 0 Å². The van der Waals surface area contributed by atoms with Crippen molar-refractivity contribution >= 4 is 16.9 Å². The van der Waals surface area contributed by atoms with Gasteiger partial charge in [-0.3, -0.25) is 9.67 Å². The lowest BCUT2D eigenvalue weighted by Gasteiger charge is -2.22. The molecule has 1 unspecified atom stereocenters. The van der Waals surface area contributed by atoms with Crippen LogP contribution in [0.25, 0.3) is 11.0 Å². The van der Waals surface area contributed by atoms with E-state index in [9.17, 15) is 0 Å². The number of pyridine rings is 1. The maximum Gasteiger partial charge on any atom is 0.163 e. The molecule has 0 aliphatic heterocycles. The van der Waals surface area contributed by atoms with Gasteiger partial charge in [0.25, 0.3) is 0 Å². The second-order valence-corrected chi connectivity index (χ2v) is 8.03. The molecule has 3 aromatic rings. The Kier molecular flexibility index (Phi) is 5.05. The highest BCUT2D eigenvalue weighted by molar-refractivity contribution is 5.86. The average molecular weight is 364 g/mol. The van der Waals surface area contributed by atoms with Gasteiger partial charge < -0.3 is 5.32 Å². The van der Waals surface area contributed by atoms with Crippen molar-refractivity contribution < 1.29 is 0 Å². The van der Waals surface area contributed by atoms with E-state index in [-0.39, 0.29) is 6.04 Å². The third kappa shape index (κ3) is 3.80. The van der Waals surface area contributed by atoms with Gasteiger partial charge in [0.2, 0.25) is 0 Å². The van der Waals surface area contributed by atoms with Crippen LogP contribution in [0.15, 0.2) is 30.7 Å². The van der Waals surface area contributed by atoms with Crippen molar-refractivity contribution in [2.75, 3.05) is 5.32 Å². The first kappa shape index (κ1) is 17.9. The van der Waals surface area contributed by atoms with Crippen molar-refractivity contribution in [3.05, 3.63) is 42.1 Å². The minimum atomic E-state index is 0.161. The molecular weight excluding hydrogens is 336 g/mol. The first-order chi connectivity index (χ1) is 13.1. The third-order valence-corrected chi connectivity index (χ3v) is 5.43. The van der Waals surface area contributed by atoms with Crippen LogP contribution in [0.3, 0.4) is 0 Å². The van der Waals surface area contributed by atoms with Crippen LogP contribution in [0.4, 0.5) is 5.82 Å². The Balaban J connectivity index is 1.74. The first-order valence-corrected chi connectivity index (χ1v) is 9.98. The summed E-state index contributed by atoms with van der Waals surface area (Å²) >= 11 is 0. The molecule has 1 aliphatic carbocycles. The van der Waals surface area contributed by atoms with E-state index in [1.165, 1.54) is 31.2 Å². The molecule has 0 spiro atoms. The predicted octanol–water partition coefficient (Wildman–Crippen LogP) is 4.62. The number of anilines is 1. The van der Waals surface area contributed by atoms with Crippen LogP contribution in [0.5, 0.6) is 0 Å². The number of rotatable bonds is 6. The molecule has 0 radical (unpaired) electrons. The van der Waals surface area contributed by atoms with E-state index >= 15 is 0 Å². The van der Waals surface area contributed by atoms with Crippen LogP contribution >= 0.6 is 0 Å². The summed E-state index contributed by atoms with van der Waals surface area (Å²) in [5.41, 5.74) is 2.09. The van der Waals surface area contributed by atoms with Crippen LogP contribution in [-0.2, 0) is 7.05 Å². The lowest BCUT2D eigenvalue weighted by atomic mass is 9.98. The van der Waals surface area contributed by atoms with E-state index in [4.69, 9.17) is 9.97 Å². The van der Waals surface area contributed by atoms with Gasteiger partial charge in [-0.2, -0.15) is 5.10 Å². The maximum absolute atomic E-state index is 4.97. The molecule has 4 rings (SSSR count). The Bertz CT molecular complexity index is 896. The highest BCUT2D eigenvalue weighted by Crippen LogP contribution is 2.35. The van der Waals surface area contributed by atoms with E-state index < -0.39 is 0 Å². The molecule has 6 heteroatoms. The van der Waals surface area contributed by atoms with Gasteiger partial charge in [-0.1, -0.05) is 32.8 Å². The van der Waals surface area contributed by atoms with Crippen molar-refractivity contribution in [3.63, 3.8) is 0 Å². The van der Waals surface area contributed by atoms with E-state index in [0.717, 1.165) is 29.1 Å². The maximum atomic E-state index is 4.97. The van der Waals surface area contributed by atoms with Gasteiger partial charge in [-0.15, -0.1) is 0 Å². The lowest BCUT2D eigenvalue weighted by Crippen LogP contribution is -2.16. The van der Waals surface area contributed by atoms with Gasteiger partial charge in [-0.25, -0.2) is 9.97 Å². The molecule has 0 amide bonds. The van der Waals surface area contributed by atoms with Gasteiger partial charge in [0, 0.05) is 25.4 Å². The quantitative estimate of drug-likeness (QED) is 0.691. The Morgan fingerprint density at radius 2 is 2.00 bits per heavy atom. The molecule has 1 aliphatic rings. The summed E-state index contributed by atoms with van der Waals surface area (Å²) < 4.78 is 1.85. The van der Waals surface area contributed by atoms with E-state index in [2.05, 4.69) is 35.3 Å². The smallest absolute Gasteiger partial charge is 0.163 e. The summed E-state index contributed by atoms with van der Waals surface area (Å²) in [5.74, 6) is 2.88. The topological polar surface area (TPSA) is 68.5 Å². The van der Waals surface area contributed by atoms with Crippen molar-refractivity contribution in [2.24, 2.45) is 13.0 Å². The fraction of sp³-hybridized carbons (Fsp3) is 0.524. The summed E-state index contributed by atoms with van der Waals surface area (Å²) in [7, 11) is 1.95. The molecule has 6 nitrogen and oxygen atoms in total. The molecule has 1 saturated carbocycles. The molecular formula is C21H28N6. The van der Waals surface area contributed by atoms with Gasteiger partial charge in [0.15, 0.2) is 5.65 Å². The summed E-state index contributed by atoms with van der Waals surface area (Å²) in [6.45, 7) is 4.49. The largest absolute Gasteiger partial charge is 0.362 e. The fourth-order valence-corrected chi connectivity index (χ4v) is 4.01. The minimum absolute atomic E-state index is 0.161. The molecule has 1 N–H and O–H groups in total. The second-order valence-electron chi connectivity index (χ2n) is 8.03. The molecule has 0 aromatic carbocycles. The summed E-state index contributed by atoms with van der Waals surface area (Å²) in [5, 5.41) is 9.11. The monoisotopic (exact) mass is 364 g/mol. The molecule has 1 fully saturated rings. The predicted molar refractivity (Wildman–Crippen MR) is 108 cm³/mol. The SMILES string of the molecule is CC(C)CC(Nc1nc(C2CCCC2)nc2c1cnn2C)c1cccnc1. The Morgan fingerprint density at radius 3 is 2.70 bits per heavy atom. The normalized spacial score (nSPS) is 16.3. The van der Waals surface area contributed by atoms with E-state index in [1.54, 1.807) is 0 Å². The lowest BCUT2D eigenvalue weighted by molar-refractivity contribution is 0.529. The molecule has 3 heterocycles. The fourth-order valence-electron chi connectivity index (χ4n) is 4.01. The molecule has 3 aromatic heterocycles. The standard InChI is InChI=1S/C21H28N6/c1-14(2)11-18(16-9-6-10-22-12-16)24-20-17-13-23-27(3)21(17)26-19(25-20)15-7-4-5-8-15/h6,9-10,12-15,18H,4-5,7-8,11H2,1-3H3,(H,24,25,26). The highest BCUT2D eigenvalue weighted by atomic mass is 15.3. The van der Waals surface area contributed by atoms with Crippen LogP contribution in [0, 0.1) is 5.92 Å². The van der Waals surface area contributed by atoms with Gasteiger partial charge in [0.1, 0.15) is 11.6 Å². The van der Waals surface area contributed by atoms with Crippen LogP contribution in [0.1, 0.15) is 69.3 Å². The van der Waals surface area contributed by atoms with Crippen LogP contribution in [0.2, 0.25) is 0 Å². The summed E-state index contributed by atoms with van der Waals surface area (Å²) in [4.78, 5) is 14.1. The van der Waals surface area contributed by atoms with Crippen LogP contribution in [-0.4, -0.2) is 24.7 Å². The van der Waals surface area contributed by atoms with Crippen molar-refractivity contribution in [2.45, 2.75) is 57.9 Å². The highest BCUT2D eigenvalue weighted by Gasteiger charge is 2.24. The molecule has 27 heavy (non-hydrogen) atoms. The Labute approximate surface area is 160 Å². The van der Waals surface area contributed by atoms with Gasteiger partial charge in [0.05, 0.1) is 17.6 Å². The molecule has 142 valence electrons. The number of aromatic nitrogens is 5. The molecule has 1 atom stereocenters. The average Bonchev–Trinajstić information content (AvgIpc) is 3.32. The zero-order chi connectivity index (χ0) is 18.8. The van der Waals surface area contributed by atoms with E-state index in [0.29, 0.717) is 11.8 Å². The number of hydrogen-bond donors (Lipinski definition) is 1. The summed E-state index contributed by atoms with van der Waals surface area (Å²) in [6, 6.07) is 4.29. The van der Waals surface area contributed by atoms with Gasteiger partial charge in [-0.05, 0) is 36.8 Å². The Hall–Kier alpha value is -2.50. The zero-order valence-electron chi connectivity index (χ0n) is 16.4.